The van der Waals surface area contributed by atoms with Gasteiger partial charge in [-0.05, 0) is 36.1 Å². The molecular formula is C11H15NO2. The zero-order valence-electron chi connectivity index (χ0n) is 8.29. The number of hydrogen-bond donors (Lipinski definition) is 2. The molecule has 1 aliphatic carbocycles. The Morgan fingerprint density at radius 3 is 3.00 bits per heavy atom. The SMILES string of the molecule is COc1ccc2c(c1)CCC2(N)CO. The van der Waals surface area contributed by atoms with Crippen LogP contribution in [0.1, 0.15) is 17.5 Å². The molecule has 0 bridgehead atoms. The smallest absolute Gasteiger partial charge is 0.119 e. The van der Waals surface area contributed by atoms with Crippen molar-refractivity contribution in [2.75, 3.05) is 13.7 Å². The minimum atomic E-state index is -0.540. The summed E-state index contributed by atoms with van der Waals surface area (Å²) in [5, 5.41) is 9.24. The quantitative estimate of drug-likeness (QED) is 0.730. The average Bonchev–Trinajstić information content (AvgIpc) is 2.57. The number of ether oxygens (including phenoxy) is 1. The Morgan fingerprint density at radius 1 is 1.57 bits per heavy atom. The fourth-order valence-electron chi connectivity index (χ4n) is 2.05. The van der Waals surface area contributed by atoms with Crippen molar-refractivity contribution < 1.29 is 9.84 Å². The van der Waals surface area contributed by atoms with Gasteiger partial charge in [0.1, 0.15) is 5.75 Å². The van der Waals surface area contributed by atoms with Crippen LogP contribution in [-0.4, -0.2) is 18.8 Å². The van der Waals surface area contributed by atoms with Crippen molar-refractivity contribution in [3.8, 4) is 5.75 Å². The lowest BCUT2D eigenvalue weighted by atomic mass is 9.94. The number of methoxy groups -OCH3 is 1. The first-order valence-electron chi connectivity index (χ1n) is 4.77. The average molecular weight is 193 g/mol. The van der Waals surface area contributed by atoms with E-state index in [0.29, 0.717) is 0 Å². The molecule has 0 radical (unpaired) electrons. The van der Waals surface area contributed by atoms with Crippen LogP contribution in [0.15, 0.2) is 18.2 Å². The van der Waals surface area contributed by atoms with E-state index in [2.05, 4.69) is 0 Å². The van der Waals surface area contributed by atoms with E-state index in [-0.39, 0.29) is 6.61 Å². The van der Waals surface area contributed by atoms with Crippen molar-refractivity contribution in [2.24, 2.45) is 5.73 Å². The van der Waals surface area contributed by atoms with Gasteiger partial charge in [-0.1, -0.05) is 6.07 Å². The van der Waals surface area contributed by atoms with Gasteiger partial charge in [-0.2, -0.15) is 0 Å². The van der Waals surface area contributed by atoms with Gasteiger partial charge in [-0.15, -0.1) is 0 Å². The second kappa shape index (κ2) is 3.26. The van der Waals surface area contributed by atoms with Crippen LogP contribution < -0.4 is 10.5 Å². The molecule has 1 aromatic rings. The minimum absolute atomic E-state index is 0.00628. The van der Waals surface area contributed by atoms with Crippen molar-refractivity contribution in [3.05, 3.63) is 29.3 Å². The Bertz CT molecular complexity index is 351. The summed E-state index contributed by atoms with van der Waals surface area (Å²) in [5.74, 6) is 0.853. The van der Waals surface area contributed by atoms with E-state index in [1.54, 1.807) is 7.11 Å². The van der Waals surface area contributed by atoms with Crippen molar-refractivity contribution in [3.63, 3.8) is 0 Å². The zero-order valence-corrected chi connectivity index (χ0v) is 8.29. The Balaban J connectivity index is 2.43. The molecule has 76 valence electrons. The van der Waals surface area contributed by atoms with Gasteiger partial charge in [0.2, 0.25) is 0 Å². The van der Waals surface area contributed by atoms with Crippen LogP contribution in [0.5, 0.6) is 5.75 Å². The molecule has 0 aromatic heterocycles. The van der Waals surface area contributed by atoms with E-state index >= 15 is 0 Å². The largest absolute Gasteiger partial charge is 0.497 e. The van der Waals surface area contributed by atoms with Gasteiger partial charge >= 0.3 is 0 Å². The van der Waals surface area contributed by atoms with Gasteiger partial charge in [-0.25, -0.2) is 0 Å². The number of fused-ring (bicyclic) bond motifs is 1. The molecule has 2 rings (SSSR count). The van der Waals surface area contributed by atoms with Gasteiger partial charge in [0.15, 0.2) is 0 Å². The first-order chi connectivity index (χ1) is 6.69. The molecule has 14 heavy (non-hydrogen) atoms. The molecule has 1 aliphatic rings. The summed E-state index contributed by atoms with van der Waals surface area (Å²) in [5.41, 5.74) is 7.78. The highest BCUT2D eigenvalue weighted by molar-refractivity contribution is 5.43. The minimum Gasteiger partial charge on any atom is -0.497 e. The predicted octanol–water partition coefficient (Wildman–Crippen LogP) is 0.788. The van der Waals surface area contributed by atoms with E-state index in [4.69, 9.17) is 10.5 Å². The van der Waals surface area contributed by atoms with Crippen molar-refractivity contribution in [1.29, 1.82) is 0 Å². The maximum Gasteiger partial charge on any atom is 0.119 e. The third-order valence-corrected chi connectivity index (χ3v) is 2.97. The molecule has 1 aromatic carbocycles. The molecule has 0 aliphatic heterocycles. The van der Waals surface area contributed by atoms with Gasteiger partial charge in [-0.3, -0.25) is 0 Å². The normalized spacial score (nSPS) is 24.8. The Morgan fingerprint density at radius 2 is 2.36 bits per heavy atom. The summed E-state index contributed by atoms with van der Waals surface area (Å²) in [4.78, 5) is 0. The molecule has 1 unspecified atom stereocenters. The standard InChI is InChI=1S/C11H15NO2/c1-14-9-2-3-10-8(6-9)4-5-11(10,12)7-13/h2-3,6,13H,4-5,7,12H2,1H3. The fraction of sp³-hybridized carbons (Fsp3) is 0.455. The van der Waals surface area contributed by atoms with E-state index in [0.717, 1.165) is 24.2 Å². The van der Waals surface area contributed by atoms with Gasteiger partial charge in [0.25, 0.3) is 0 Å². The molecule has 0 heterocycles. The first kappa shape index (κ1) is 9.49. The Hall–Kier alpha value is -1.06. The maximum absolute atomic E-state index is 9.24. The van der Waals surface area contributed by atoms with Crippen LogP contribution in [0.3, 0.4) is 0 Å². The van der Waals surface area contributed by atoms with Crippen LogP contribution >= 0.6 is 0 Å². The Kier molecular flexibility index (Phi) is 2.21. The summed E-state index contributed by atoms with van der Waals surface area (Å²) in [6, 6.07) is 5.85. The van der Waals surface area contributed by atoms with Crippen molar-refractivity contribution in [2.45, 2.75) is 18.4 Å². The number of aryl methyl sites for hydroxylation is 1. The first-order valence-corrected chi connectivity index (χ1v) is 4.77. The highest BCUT2D eigenvalue weighted by Gasteiger charge is 2.34. The summed E-state index contributed by atoms with van der Waals surface area (Å²) in [6.07, 6.45) is 1.73. The topological polar surface area (TPSA) is 55.5 Å². The Labute approximate surface area is 83.5 Å². The van der Waals surface area contributed by atoms with Gasteiger partial charge in [0, 0.05) is 0 Å². The summed E-state index contributed by atoms with van der Waals surface area (Å²) >= 11 is 0. The van der Waals surface area contributed by atoms with Gasteiger partial charge < -0.3 is 15.6 Å². The molecule has 3 heteroatoms. The molecule has 1 atom stereocenters. The molecular weight excluding hydrogens is 178 g/mol. The summed E-state index contributed by atoms with van der Waals surface area (Å²) in [6.45, 7) is 0.00628. The number of aliphatic hydroxyl groups excluding tert-OH is 1. The number of aliphatic hydroxyl groups is 1. The summed E-state index contributed by atoms with van der Waals surface area (Å²) < 4.78 is 5.14. The molecule has 0 spiro atoms. The molecule has 0 amide bonds. The van der Waals surface area contributed by atoms with E-state index in [1.165, 1.54) is 5.56 Å². The van der Waals surface area contributed by atoms with Crippen LogP contribution in [0.2, 0.25) is 0 Å². The van der Waals surface area contributed by atoms with Crippen LogP contribution in [0.4, 0.5) is 0 Å². The highest BCUT2D eigenvalue weighted by Crippen LogP contribution is 2.36. The monoisotopic (exact) mass is 193 g/mol. The second-order valence-electron chi connectivity index (χ2n) is 3.84. The third kappa shape index (κ3) is 1.29. The number of nitrogens with two attached hydrogens (primary N) is 1. The molecule has 0 fully saturated rings. The van der Waals surface area contributed by atoms with E-state index in [1.807, 2.05) is 18.2 Å². The van der Waals surface area contributed by atoms with Crippen molar-refractivity contribution in [1.82, 2.24) is 0 Å². The number of benzene rings is 1. The number of hydrogen-bond acceptors (Lipinski definition) is 3. The predicted molar refractivity (Wildman–Crippen MR) is 54.3 cm³/mol. The molecule has 0 saturated heterocycles. The highest BCUT2D eigenvalue weighted by atomic mass is 16.5. The van der Waals surface area contributed by atoms with Gasteiger partial charge in [0.05, 0.1) is 19.3 Å². The van der Waals surface area contributed by atoms with Crippen LogP contribution in [-0.2, 0) is 12.0 Å². The fourth-order valence-corrected chi connectivity index (χ4v) is 2.05. The van der Waals surface area contributed by atoms with Crippen LogP contribution in [0, 0.1) is 0 Å². The van der Waals surface area contributed by atoms with E-state index < -0.39 is 5.54 Å². The summed E-state index contributed by atoms with van der Waals surface area (Å²) in [7, 11) is 1.65. The van der Waals surface area contributed by atoms with Crippen LogP contribution in [0.25, 0.3) is 0 Å². The molecule has 0 saturated carbocycles. The zero-order chi connectivity index (χ0) is 10.2. The lowest BCUT2D eigenvalue weighted by molar-refractivity contribution is 0.197. The lowest BCUT2D eigenvalue weighted by Crippen LogP contribution is -2.37. The molecule has 3 N–H and O–H groups in total. The molecule has 3 nitrogen and oxygen atoms in total. The van der Waals surface area contributed by atoms with E-state index in [9.17, 15) is 5.11 Å². The van der Waals surface area contributed by atoms with Crippen molar-refractivity contribution >= 4 is 0 Å². The number of rotatable bonds is 2. The lowest BCUT2D eigenvalue weighted by Gasteiger charge is -2.22. The third-order valence-electron chi connectivity index (χ3n) is 2.97. The second-order valence-corrected chi connectivity index (χ2v) is 3.84. The maximum atomic E-state index is 9.24.